The highest BCUT2D eigenvalue weighted by atomic mass is 16.4. The van der Waals surface area contributed by atoms with Crippen LogP contribution in [0.3, 0.4) is 0 Å². The van der Waals surface area contributed by atoms with E-state index in [0.717, 1.165) is 0 Å². The van der Waals surface area contributed by atoms with Gasteiger partial charge in [0, 0.05) is 24.9 Å². The molecule has 1 aromatic carbocycles. The maximum Gasteiger partial charge on any atom is 0.326 e. The number of aliphatic carboxylic acids is 5. The van der Waals surface area contributed by atoms with Gasteiger partial charge in [0.25, 0.3) is 0 Å². The third kappa shape index (κ3) is 22.8. The lowest BCUT2D eigenvalue weighted by Crippen LogP contribution is -2.57. The molecule has 0 aliphatic rings. The van der Waals surface area contributed by atoms with Gasteiger partial charge in [0.2, 0.25) is 17.7 Å². The van der Waals surface area contributed by atoms with Crippen molar-refractivity contribution in [2.45, 2.75) is 128 Å². The number of nitrogens with two attached hydrogens (primary N) is 1. The molecule has 0 aliphatic heterocycles. The molecule has 24 nitrogen and oxygen atoms in total. The fraction of sp³-hybridized carbons (Fsp3) is 0.575. The highest BCUT2D eigenvalue weighted by Gasteiger charge is 2.35. The number of benzene rings is 1. The summed E-state index contributed by atoms with van der Waals surface area (Å²) in [7, 11) is 0. The molecule has 1 rings (SSSR count). The van der Waals surface area contributed by atoms with Crippen molar-refractivity contribution in [3.8, 4) is 0 Å². The van der Waals surface area contributed by atoms with E-state index in [1.54, 1.807) is 45.0 Å². The Morgan fingerprint density at radius 3 is 1.53 bits per heavy atom. The minimum absolute atomic E-state index is 0.0486. The highest BCUT2D eigenvalue weighted by molar-refractivity contribution is 5.98. The van der Waals surface area contributed by atoms with Gasteiger partial charge in [0.05, 0.1) is 25.3 Å². The largest absolute Gasteiger partial charge is 0.481 e. The Kier molecular flexibility index (Phi) is 24.1. The molecule has 0 heterocycles. The van der Waals surface area contributed by atoms with Gasteiger partial charge in [-0.2, -0.15) is 0 Å². The fourth-order valence-electron chi connectivity index (χ4n) is 5.86. The molecular weight excluding hydrogens is 848 g/mol. The lowest BCUT2D eigenvalue weighted by Gasteiger charge is -2.28. The first kappa shape index (κ1) is 55.2. The monoisotopic (exact) mass is 908 g/mol. The van der Waals surface area contributed by atoms with Crippen molar-refractivity contribution in [3.63, 3.8) is 0 Å². The molecule has 0 radical (unpaired) electrons. The van der Waals surface area contributed by atoms with Crippen LogP contribution in [0, 0.1) is 5.41 Å². The summed E-state index contributed by atoms with van der Waals surface area (Å²) in [5, 5.41) is 62.6. The normalized spacial score (nSPS) is 13.3. The Morgan fingerprint density at radius 1 is 0.547 bits per heavy atom. The van der Waals surface area contributed by atoms with E-state index < -0.39 is 121 Å². The van der Waals surface area contributed by atoms with Crippen molar-refractivity contribution < 1.29 is 78.3 Å². The van der Waals surface area contributed by atoms with Gasteiger partial charge in [-0.1, -0.05) is 45.0 Å². The minimum Gasteiger partial charge on any atom is -0.481 e. The van der Waals surface area contributed by atoms with E-state index in [1.807, 2.05) is 5.32 Å². The second-order valence-electron chi connectivity index (χ2n) is 15.8. The first-order valence-electron chi connectivity index (χ1n) is 20.3. The summed E-state index contributed by atoms with van der Waals surface area (Å²) in [5.41, 5.74) is 5.72. The van der Waals surface area contributed by atoms with Gasteiger partial charge in [-0.3, -0.25) is 33.6 Å². The molecule has 0 aromatic heterocycles. The van der Waals surface area contributed by atoms with Crippen LogP contribution < -0.4 is 43.0 Å². The zero-order chi connectivity index (χ0) is 48.6. The number of nitrogens with one attached hydrogen (secondary N) is 7. The lowest BCUT2D eigenvalue weighted by atomic mass is 9.84. The summed E-state index contributed by atoms with van der Waals surface area (Å²) in [6.45, 7) is 5.45. The molecular formula is C40H60N8O16. The average molecular weight is 909 g/mol. The van der Waals surface area contributed by atoms with Crippen LogP contribution >= 0.6 is 0 Å². The van der Waals surface area contributed by atoms with E-state index in [9.17, 15) is 68.1 Å². The van der Waals surface area contributed by atoms with E-state index in [0.29, 0.717) is 36.9 Å². The molecule has 14 N–H and O–H groups in total. The van der Waals surface area contributed by atoms with Crippen LogP contribution in [-0.2, 0) is 56.1 Å². The molecule has 0 saturated carbocycles. The van der Waals surface area contributed by atoms with Crippen LogP contribution in [0.4, 0.5) is 9.59 Å². The Balaban J connectivity index is 2.73. The maximum atomic E-state index is 13.3. The summed E-state index contributed by atoms with van der Waals surface area (Å²) < 4.78 is 0. The minimum atomic E-state index is -1.73. The standard InChI is InChI=1S/C40H60N8O16/c1-40(2,3)33(56)24(8-4-6-16-41)45-35(58)28(20-32(54)55)46-34(57)27(19-31(52)53)44-29(49)18-22-10-12-23(13-11-22)21-43-38(63)42-17-7-5-9-25(36(59)60)47-39(64)48-26(37(61)62)14-15-30(50)51/h10-13,24-28H,4-9,14-21,41H2,1-3H3,(H,44,49)(H,45,58)(H,46,57)(H,50,51)(H,52,53)(H,54,55)(H,59,60)(H,61,62)(H2,42,43,63)(H2,47,48,64)/t24-,25?,26-,27-,28-/m0/s1. The number of carboxylic acids is 5. The van der Waals surface area contributed by atoms with Crippen molar-refractivity contribution in [3.05, 3.63) is 35.4 Å². The quantitative estimate of drug-likeness (QED) is 0.0429. The molecule has 356 valence electrons. The topological polar surface area (TPSA) is 399 Å². The van der Waals surface area contributed by atoms with E-state index in [-0.39, 0.29) is 44.6 Å². The number of carbonyl (C=O) groups is 11. The number of carbonyl (C=O) groups excluding carboxylic acids is 6. The van der Waals surface area contributed by atoms with E-state index in [2.05, 4.69) is 31.9 Å². The van der Waals surface area contributed by atoms with Crippen LogP contribution in [0.2, 0.25) is 0 Å². The third-order valence-electron chi connectivity index (χ3n) is 9.26. The van der Waals surface area contributed by atoms with Crippen molar-refractivity contribution >= 4 is 65.4 Å². The van der Waals surface area contributed by atoms with E-state index in [1.165, 1.54) is 0 Å². The molecule has 24 heteroatoms. The molecule has 0 bridgehead atoms. The summed E-state index contributed by atoms with van der Waals surface area (Å²) >= 11 is 0. The Labute approximate surface area is 368 Å². The molecule has 64 heavy (non-hydrogen) atoms. The Morgan fingerprint density at radius 2 is 1.03 bits per heavy atom. The Bertz CT molecular complexity index is 1820. The lowest BCUT2D eigenvalue weighted by molar-refractivity contribution is -0.143. The smallest absolute Gasteiger partial charge is 0.326 e. The summed E-state index contributed by atoms with van der Waals surface area (Å²) in [4.78, 5) is 134. The van der Waals surface area contributed by atoms with Crippen molar-refractivity contribution in [1.29, 1.82) is 0 Å². The van der Waals surface area contributed by atoms with Gasteiger partial charge in [-0.25, -0.2) is 19.2 Å². The van der Waals surface area contributed by atoms with Crippen molar-refractivity contribution in [2.24, 2.45) is 11.1 Å². The zero-order valence-electron chi connectivity index (χ0n) is 35.9. The first-order chi connectivity index (χ1) is 29.9. The van der Waals surface area contributed by atoms with Crippen LogP contribution in [-0.4, -0.2) is 134 Å². The van der Waals surface area contributed by atoms with Gasteiger partial charge in [-0.15, -0.1) is 0 Å². The van der Waals surface area contributed by atoms with Gasteiger partial charge >= 0.3 is 41.9 Å². The van der Waals surface area contributed by atoms with Gasteiger partial charge in [0.15, 0.2) is 5.78 Å². The molecule has 0 saturated heterocycles. The van der Waals surface area contributed by atoms with Crippen LogP contribution in [0.25, 0.3) is 0 Å². The van der Waals surface area contributed by atoms with Crippen LogP contribution in [0.5, 0.6) is 0 Å². The molecule has 1 aromatic rings. The third-order valence-corrected chi connectivity index (χ3v) is 9.26. The molecule has 0 spiro atoms. The first-order valence-corrected chi connectivity index (χ1v) is 20.3. The number of rotatable bonds is 30. The van der Waals surface area contributed by atoms with E-state index >= 15 is 0 Å². The molecule has 5 atom stereocenters. The number of urea groups is 2. The number of ketones is 1. The van der Waals surface area contributed by atoms with Gasteiger partial charge in [-0.05, 0) is 62.6 Å². The average Bonchev–Trinajstić information content (AvgIpc) is 3.19. The molecule has 0 aliphatic carbocycles. The van der Waals surface area contributed by atoms with E-state index in [4.69, 9.17) is 15.9 Å². The number of amides is 7. The predicted molar refractivity (Wildman–Crippen MR) is 223 cm³/mol. The van der Waals surface area contributed by atoms with Crippen molar-refractivity contribution in [1.82, 2.24) is 37.2 Å². The SMILES string of the molecule is CC(C)(C)C(=O)[C@H](CCCCN)NC(=O)[C@H](CC(=O)O)NC(=O)[C@H](CC(=O)O)NC(=O)Cc1ccc(CNC(=O)NCCCCC(NC(=O)N[C@@H](CCC(=O)O)C(=O)O)C(=O)O)cc1. The van der Waals surface area contributed by atoms with Crippen LogP contribution in [0.1, 0.15) is 96.1 Å². The predicted octanol–water partition coefficient (Wildman–Crippen LogP) is -0.583. The fourth-order valence-corrected chi connectivity index (χ4v) is 5.86. The maximum absolute atomic E-state index is 13.3. The second kappa shape index (κ2) is 28.0. The van der Waals surface area contributed by atoms with Crippen LogP contribution in [0.15, 0.2) is 24.3 Å². The number of unbranched alkanes of at least 4 members (excludes halogenated alkanes) is 2. The Hall–Kier alpha value is -6.85. The number of hydrogen-bond donors (Lipinski definition) is 13. The van der Waals surface area contributed by atoms with Crippen molar-refractivity contribution in [2.75, 3.05) is 13.1 Å². The summed E-state index contributed by atoms with van der Waals surface area (Å²) in [6.07, 6.45) is -1.40. The second-order valence-corrected chi connectivity index (χ2v) is 15.8. The number of Topliss-reactive ketones (excluding diaryl/α,β-unsaturated/α-hetero) is 1. The summed E-state index contributed by atoms with van der Waals surface area (Å²) in [6, 6.07) is -2.81. The highest BCUT2D eigenvalue weighted by Crippen LogP contribution is 2.20. The summed E-state index contributed by atoms with van der Waals surface area (Å²) in [5.74, 6) is -10.4. The molecule has 1 unspecified atom stereocenters. The van der Waals surface area contributed by atoms with Gasteiger partial charge in [0.1, 0.15) is 24.2 Å². The number of hydrogen-bond acceptors (Lipinski definition) is 12. The molecule has 0 fully saturated rings. The number of carboxylic acid groups (broad SMARTS) is 5. The van der Waals surface area contributed by atoms with Gasteiger partial charge < -0.3 is 68.5 Å². The zero-order valence-corrected chi connectivity index (χ0v) is 35.9. The molecule has 7 amide bonds.